The van der Waals surface area contributed by atoms with Crippen LogP contribution < -0.4 is 19.7 Å². The van der Waals surface area contributed by atoms with Crippen molar-refractivity contribution in [3.8, 4) is 11.5 Å². The summed E-state index contributed by atoms with van der Waals surface area (Å²) in [6, 6.07) is 22.6. The molecule has 1 aromatic heterocycles. The molecule has 2 fully saturated rings. The van der Waals surface area contributed by atoms with Gasteiger partial charge in [0.15, 0.2) is 11.6 Å². The number of piperidine rings is 2. The summed E-state index contributed by atoms with van der Waals surface area (Å²) < 4.78 is 12.2. The summed E-state index contributed by atoms with van der Waals surface area (Å²) in [5.41, 5.74) is 4.23. The molecule has 3 aliphatic heterocycles. The molecular weight excluding hydrogens is 674 g/mol. The van der Waals surface area contributed by atoms with Gasteiger partial charge >= 0.3 is 0 Å². The number of imide groups is 1. The third-order valence-corrected chi connectivity index (χ3v) is 10.6. The molecular formula is C41H45N5O7. The van der Waals surface area contributed by atoms with Crippen LogP contribution in [-0.4, -0.2) is 80.9 Å². The maximum atomic E-state index is 13.4. The lowest BCUT2D eigenvalue weighted by molar-refractivity contribution is -0.0413. The van der Waals surface area contributed by atoms with Gasteiger partial charge in [0.1, 0.15) is 30.6 Å². The van der Waals surface area contributed by atoms with Crippen molar-refractivity contribution in [2.45, 2.75) is 77.0 Å². The van der Waals surface area contributed by atoms with Gasteiger partial charge in [-0.3, -0.25) is 24.6 Å². The lowest BCUT2D eigenvalue weighted by atomic mass is 9.78. The van der Waals surface area contributed by atoms with Crippen LogP contribution in [0.4, 0.5) is 5.69 Å². The molecule has 0 radical (unpaired) electrons. The Labute approximate surface area is 308 Å². The van der Waals surface area contributed by atoms with Crippen molar-refractivity contribution in [1.82, 2.24) is 20.2 Å². The highest BCUT2D eigenvalue weighted by Crippen LogP contribution is 2.35. The van der Waals surface area contributed by atoms with Crippen LogP contribution in [0.15, 0.2) is 79.0 Å². The molecule has 3 aliphatic rings. The van der Waals surface area contributed by atoms with E-state index >= 15 is 0 Å². The lowest BCUT2D eigenvalue weighted by Gasteiger charge is -2.36. The Morgan fingerprint density at radius 1 is 0.887 bits per heavy atom. The van der Waals surface area contributed by atoms with Gasteiger partial charge in [-0.15, -0.1) is 0 Å². The maximum Gasteiger partial charge on any atom is 0.262 e. The van der Waals surface area contributed by atoms with Gasteiger partial charge in [0.05, 0.1) is 29.5 Å². The van der Waals surface area contributed by atoms with Crippen molar-refractivity contribution in [2.75, 3.05) is 24.6 Å². The fraction of sp³-hybridized carbons (Fsp3) is 0.390. The maximum absolute atomic E-state index is 13.4. The molecule has 7 rings (SSSR count). The summed E-state index contributed by atoms with van der Waals surface area (Å²) in [6.07, 6.45) is 2.18. The number of ketones is 1. The number of rotatable bonds is 11. The molecule has 3 N–H and O–H groups in total. The third kappa shape index (κ3) is 7.66. The van der Waals surface area contributed by atoms with E-state index in [4.69, 9.17) is 9.47 Å². The molecule has 12 nitrogen and oxygen atoms in total. The van der Waals surface area contributed by atoms with Crippen LogP contribution in [0, 0.1) is 5.92 Å². The summed E-state index contributed by atoms with van der Waals surface area (Å²) in [4.78, 5) is 49.8. The smallest absolute Gasteiger partial charge is 0.262 e. The average molecular weight is 720 g/mol. The zero-order chi connectivity index (χ0) is 37.3. The molecule has 0 bridgehead atoms. The van der Waals surface area contributed by atoms with Crippen LogP contribution in [0.3, 0.4) is 0 Å². The van der Waals surface area contributed by atoms with Gasteiger partial charge in [0.25, 0.3) is 11.8 Å². The number of carbonyl (C=O) groups is 3. The summed E-state index contributed by atoms with van der Waals surface area (Å²) in [7, 11) is 0. The van der Waals surface area contributed by atoms with Crippen molar-refractivity contribution in [3.63, 3.8) is 0 Å². The number of hydrogen-bond donors (Lipinski definition) is 3. The van der Waals surface area contributed by atoms with Crippen molar-refractivity contribution in [2.24, 2.45) is 5.92 Å². The molecule has 4 heterocycles. The highest BCUT2D eigenvalue weighted by molar-refractivity contribution is 6.22. The van der Waals surface area contributed by atoms with E-state index in [0.717, 1.165) is 53.4 Å². The molecule has 0 saturated carbocycles. The fourth-order valence-corrected chi connectivity index (χ4v) is 7.45. The van der Waals surface area contributed by atoms with E-state index in [1.54, 1.807) is 24.4 Å². The van der Waals surface area contributed by atoms with Crippen molar-refractivity contribution in [1.29, 1.82) is 0 Å². The second-order valence-electron chi connectivity index (χ2n) is 14.6. The van der Waals surface area contributed by atoms with E-state index in [0.29, 0.717) is 42.0 Å². The Balaban J connectivity index is 0.930. The second kappa shape index (κ2) is 15.1. The number of amides is 2. The number of Topliss-reactive ketones (excluding diaryl/α,β-unsaturated/α-hetero) is 1. The van der Waals surface area contributed by atoms with Crippen LogP contribution in [0.1, 0.15) is 94.6 Å². The van der Waals surface area contributed by atoms with Gasteiger partial charge in [0.2, 0.25) is 0 Å². The quantitative estimate of drug-likeness (QED) is 0.144. The normalized spacial score (nSPS) is 21.8. The Bertz CT molecular complexity index is 1980. The molecule has 53 heavy (non-hydrogen) atoms. The van der Waals surface area contributed by atoms with Crippen molar-refractivity contribution >= 4 is 23.3 Å². The zero-order valence-corrected chi connectivity index (χ0v) is 30.2. The van der Waals surface area contributed by atoms with Gasteiger partial charge in [-0.2, -0.15) is 0 Å². The summed E-state index contributed by atoms with van der Waals surface area (Å²) >= 11 is 0. The highest BCUT2D eigenvalue weighted by Gasteiger charge is 2.44. The van der Waals surface area contributed by atoms with Gasteiger partial charge in [-0.05, 0) is 85.3 Å². The van der Waals surface area contributed by atoms with E-state index in [1.165, 1.54) is 6.92 Å². The first-order valence-electron chi connectivity index (χ1n) is 18.2. The Kier molecular flexibility index (Phi) is 10.3. The standard InChI is InChI=1S/C41H45N5O7/c1-25(47)37-42-19-18-29(43-37)24-53-32-13-8-28(9-14-32)41(2,3)27-6-11-31(12-7-27)52-23-26-5-4-20-45(22-26)30-10-15-33-34(21-30)40(51)46(39(33)50)35-16-17-36(48)44-38(35)49/h6-15,18-19,21,26,35-36,38,44,48-49H,4-5,16-17,20,22-24H2,1-3H3. The number of ether oxygens (including phenoxy) is 2. The number of nitrogens with zero attached hydrogens (tertiary/aromatic N) is 4. The van der Waals surface area contributed by atoms with Gasteiger partial charge in [0, 0.05) is 43.2 Å². The number of aliphatic hydroxyl groups excluding tert-OH is 2. The second-order valence-corrected chi connectivity index (χ2v) is 14.6. The Hall–Kier alpha value is -5.17. The summed E-state index contributed by atoms with van der Waals surface area (Å²) in [5.74, 6) is 0.958. The minimum atomic E-state index is -1.18. The lowest BCUT2D eigenvalue weighted by Crippen LogP contribution is -2.58. The molecule has 4 unspecified atom stereocenters. The van der Waals surface area contributed by atoms with E-state index in [1.807, 2.05) is 30.3 Å². The van der Waals surface area contributed by atoms with Crippen LogP contribution in [-0.2, 0) is 12.0 Å². The predicted octanol–water partition coefficient (Wildman–Crippen LogP) is 4.86. The first-order chi connectivity index (χ1) is 25.5. The first kappa shape index (κ1) is 36.2. The molecule has 2 saturated heterocycles. The topological polar surface area (TPSA) is 154 Å². The summed E-state index contributed by atoms with van der Waals surface area (Å²) in [6.45, 7) is 8.19. The van der Waals surface area contributed by atoms with Crippen LogP contribution in [0.2, 0.25) is 0 Å². The minimum absolute atomic E-state index is 0.179. The molecule has 12 heteroatoms. The Morgan fingerprint density at radius 3 is 2.25 bits per heavy atom. The van der Waals surface area contributed by atoms with Gasteiger partial charge in [-0.1, -0.05) is 38.1 Å². The molecule has 3 aromatic carbocycles. The van der Waals surface area contributed by atoms with E-state index < -0.39 is 30.3 Å². The number of aliphatic hydroxyl groups is 2. The minimum Gasteiger partial charge on any atom is -0.493 e. The SMILES string of the molecule is CC(=O)c1nccc(COc2ccc(C(C)(C)c3ccc(OCC4CCCN(c5ccc6c(c5)C(=O)N(C5CCC(O)NC5O)C6=O)C4)cc3)cc2)n1. The van der Waals surface area contributed by atoms with Crippen LogP contribution in [0.25, 0.3) is 0 Å². The number of fused-ring (bicyclic) bond motifs is 1. The van der Waals surface area contributed by atoms with Crippen LogP contribution in [0.5, 0.6) is 11.5 Å². The average Bonchev–Trinajstić information content (AvgIpc) is 3.41. The van der Waals surface area contributed by atoms with Gasteiger partial charge < -0.3 is 24.6 Å². The van der Waals surface area contributed by atoms with Crippen molar-refractivity contribution < 1.29 is 34.1 Å². The Morgan fingerprint density at radius 2 is 1.57 bits per heavy atom. The van der Waals surface area contributed by atoms with Gasteiger partial charge in [-0.25, -0.2) is 9.97 Å². The first-order valence-corrected chi connectivity index (χ1v) is 18.2. The number of hydrogen-bond acceptors (Lipinski definition) is 11. The molecule has 4 atom stereocenters. The van der Waals surface area contributed by atoms with E-state index in [-0.39, 0.29) is 29.5 Å². The highest BCUT2D eigenvalue weighted by atomic mass is 16.5. The number of benzene rings is 3. The number of nitrogens with one attached hydrogen (secondary N) is 1. The van der Waals surface area contributed by atoms with Crippen LogP contribution >= 0.6 is 0 Å². The number of carbonyl (C=O) groups excluding carboxylic acids is 3. The van der Waals surface area contributed by atoms with E-state index in [9.17, 15) is 24.6 Å². The molecule has 0 aliphatic carbocycles. The fourth-order valence-electron chi connectivity index (χ4n) is 7.45. The zero-order valence-electron chi connectivity index (χ0n) is 30.2. The van der Waals surface area contributed by atoms with E-state index in [2.05, 4.69) is 58.3 Å². The predicted molar refractivity (Wildman–Crippen MR) is 197 cm³/mol. The molecule has 2 amide bonds. The molecule has 276 valence electrons. The largest absolute Gasteiger partial charge is 0.493 e. The summed E-state index contributed by atoms with van der Waals surface area (Å²) in [5, 5.41) is 22.9. The monoisotopic (exact) mass is 719 g/mol. The third-order valence-electron chi connectivity index (χ3n) is 10.6. The number of anilines is 1. The molecule has 4 aromatic rings. The molecule has 0 spiro atoms. The number of aromatic nitrogens is 2. The van der Waals surface area contributed by atoms with Crippen molar-refractivity contribution in [3.05, 3.63) is 113 Å².